The van der Waals surface area contributed by atoms with Crippen molar-refractivity contribution in [2.75, 3.05) is 19.7 Å². The van der Waals surface area contributed by atoms with E-state index < -0.39 is 0 Å². The Labute approximate surface area is 115 Å². The Bertz CT molecular complexity index is 429. The summed E-state index contributed by atoms with van der Waals surface area (Å²) in [5, 5.41) is 3.72. The van der Waals surface area contributed by atoms with Crippen LogP contribution in [0.4, 0.5) is 0 Å². The van der Waals surface area contributed by atoms with Gasteiger partial charge in [-0.3, -0.25) is 0 Å². The molecule has 1 heterocycles. The van der Waals surface area contributed by atoms with E-state index in [4.69, 9.17) is 10.5 Å². The normalized spacial score (nSPS) is 30.3. The van der Waals surface area contributed by atoms with Crippen LogP contribution in [-0.2, 0) is 17.6 Å². The molecule has 104 valence electrons. The molecule has 3 rings (SSSR count). The second-order valence-corrected chi connectivity index (χ2v) is 5.95. The molecule has 1 aromatic carbocycles. The van der Waals surface area contributed by atoms with E-state index in [2.05, 4.69) is 29.6 Å². The van der Waals surface area contributed by atoms with Gasteiger partial charge in [0.25, 0.3) is 0 Å². The quantitative estimate of drug-likeness (QED) is 0.865. The van der Waals surface area contributed by atoms with Gasteiger partial charge < -0.3 is 15.8 Å². The first kappa shape index (κ1) is 13.1. The number of hydrogen-bond donors (Lipinski definition) is 2. The lowest BCUT2D eigenvalue weighted by Gasteiger charge is -2.39. The molecule has 3 heteroatoms. The topological polar surface area (TPSA) is 47.3 Å². The number of nitrogens with two attached hydrogens (primary N) is 1. The molecule has 1 aliphatic heterocycles. The van der Waals surface area contributed by atoms with Crippen LogP contribution in [-0.4, -0.2) is 31.3 Å². The van der Waals surface area contributed by atoms with Crippen LogP contribution in [0.15, 0.2) is 24.3 Å². The summed E-state index contributed by atoms with van der Waals surface area (Å²) in [6.07, 6.45) is 6.08. The molecule has 2 aliphatic rings. The summed E-state index contributed by atoms with van der Waals surface area (Å²) < 4.78 is 5.70. The second kappa shape index (κ2) is 5.61. The maximum atomic E-state index is 6.08. The molecule has 0 radical (unpaired) electrons. The SMILES string of the molecule is NCC1(NCC2CCCO2)CCc2ccccc2C1. The van der Waals surface area contributed by atoms with Crippen molar-refractivity contribution in [3.8, 4) is 0 Å². The zero-order valence-electron chi connectivity index (χ0n) is 11.5. The Morgan fingerprint density at radius 1 is 1.32 bits per heavy atom. The largest absolute Gasteiger partial charge is 0.377 e. The first-order valence-corrected chi connectivity index (χ1v) is 7.45. The highest BCUT2D eigenvalue weighted by Crippen LogP contribution is 2.28. The molecule has 0 spiro atoms. The van der Waals surface area contributed by atoms with E-state index in [-0.39, 0.29) is 5.54 Å². The highest BCUT2D eigenvalue weighted by molar-refractivity contribution is 5.32. The molecule has 1 saturated heterocycles. The lowest BCUT2D eigenvalue weighted by atomic mass is 9.78. The molecule has 0 aromatic heterocycles. The van der Waals surface area contributed by atoms with E-state index in [9.17, 15) is 0 Å². The lowest BCUT2D eigenvalue weighted by Crippen LogP contribution is -2.56. The minimum atomic E-state index is 0.0697. The summed E-state index contributed by atoms with van der Waals surface area (Å²) in [6.45, 7) is 2.57. The molecule has 1 aromatic rings. The van der Waals surface area contributed by atoms with Gasteiger partial charge >= 0.3 is 0 Å². The fourth-order valence-electron chi connectivity index (χ4n) is 3.33. The third kappa shape index (κ3) is 2.83. The van der Waals surface area contributed by atoms with Gasteiger partial charge in [-0.05, 0) is 43.2 Å². The van der Waals surface area contributed by atoms with Crippen LogP contribution in [0, 0.1) is 0 Å². The maximum Gasteiger partial charge on any atom is 0.0700 e. The zero-order chi connectivity index (χ0) is 13.1. The van der Waals surface area contributed by atoms with E-state index in [0.717, 1.165) is 32.4 Å². The first-order chi connectivity index (χ1) is 9.31. The molecule has 3 N–H and O–H groups in total. The van der Waals surface area contributed by atoms with Crippen molar-refractivity contribution < 1.29 is 4.74 Å². The lowest BCUT2D eigenvalue weighted by molar-refractivity contribution is 0.0990. The summed E-state index contributed by atoms with van der Waals surface area (Å²) in [6, 6.07) is 8.75. The molecule has 0 saturated carbocycles. The van der Waals surface area contributed by atoms with Crippen molar-refractivity contribution in [1.29, 1.82) is 0 Å². The van der Waals surface area contributed by atoms with Crippen LogP contribution in [0.25, 0.3) is 0 Å². The molecule has 0 amide bonds. The molecule has 2 unspecified atom stereocenters. The number of rotatable bonds is 4. The molecule has 0 bridgehead atoms. The molecule has 3 nitrogen and oxygen atoms in total. The molecular weight excluding hydrogens is 236 g/mol. The van der Waals surface area contributed by atoms with Gasteiger partial charge in [0.15, 0.2) is 0 Å². The van der Waals surface area contributed by atoms with Crippen molar-refractivity contribution in [1.82, 2.24) is 5.32 Å². The van der Waals surface area contributed by atoms with Crippen LogP contribution in [0.2, 0.25) is 0 Å². The predicted molar refractivity (Wildman–Crippen MR) is 77.2 cm³/mol. The summed E-state index contributed by atoms with van der Waals surface area (Å²) in [5.41, 5.74) is 9.10. The summed E-state index contributed by atoms with van der Waals surface area (Å²) in [5.74, 6) is 0. The van der Waals surface area contributed by atoms with Gasteiger partial charge in [-0.25, -0.2) is 0 Å². The van der Waals surface area contributed by atoms with Gasteiger partial charge in [0, 0.05) is 25.2 Å². The molecule has 1 fully saturated rings. The molecular formula is C16H24N2O. The predicted octanol–water partition coefficient (Wildman–Crippen LogP) is 1.64. The summed E-state index contributed by atoms with van der Waals surface area (Å²) in [7, 11) is 0. The standard InChI is InChI=1S/C16H24N2O/c17-12-16(18-11-15-6-3-9-19-15)8-7-13-4-1-2-5-14(13)10-16/h1-2,4-5,15,18H,3,6-12,17H2. The van der Waals surface area contributed by atoms with Crippen molar-refractivity contribution in [2.45, 2.75) is 43.7 Å². The number of benzene rings is 1. The Kier molecular flexibility index (Phi) is 3.87. The number of hydrogen-bond acceptors (Lipinski definition) is 3. The van der Waals surface area contributed by atoms with Crippen molar-refractivity contribution >= 4 is 0 Å². The van der Waals surface area contributed by atoms with E-state index >= 15 is 0 Å². The molecule has 2 atom stereocenters. The van der Waals surface area contributed by atoms with Gasteiger partial charge in [0.05, 0.1) is 6.10 Å². The Morgan fingerprint density at radius 2 is 2.16 bits per heavy atom. The van der Waals surface area contributed by atoms with E-state index in [1.165, 1.54) is 24.0 Å². The van der Waals surface area contributed by atoms with Gasteiger partial charge in [0.1, 0.15) is 0 Å². The van der Waals surface area contributed by atoms with E-state index in [1.807, 2.05) is 0 Å². The minimum Gasteiger partial charge on any atom is -0.377 e. The molecule has 19 heavy (non-hydrogen) atoms. The smallest absolute Gasteiger partial charge is 0.0700 e. The fourth-order valence-corrected chi connectivity index (χ4v) is 3.33. The second-order valence-electron chi connectivity index (χ2n) is 5.95. The Balaban J connectivity index is 1.67. The summed E-state index contributed by atoms with van der Waals surface area (Å²) >= 11 is 0. The average Bonchev–Trinajstić information content (AvgIpc) is 2.98. The number of aryl methyl sites for hydroxylation is 1. The van der Waals surface area contributed by atoms with Gasteiger partial charge in [0.2, 0.25) is 0 Å². The van der Waals surface area contributed by atoms with Crippen LogP contribution >= 0.6 is 0 Å². The van der Waals surface area contributed by atoms with Crippen molar-refractivity contribution in [3.05, 3.63) is 35.4 Å². The number of fused-ring (bicyclic) bond motifs is 1. The van der Waals surface area contributed by atoms with Crippen LogP contribution in [0.1, 0.15) is 30.4 Å². The first-order valence-electron chi connectivity index (χ1n) is 7.45. The minimum absolute atomic E-state index is 0.0697. The third-order valence-electron chi connectivity index (χ3n) is 4.64. The maximum absolute atomic E-state index is 6.08. The average molecular weight is 260 g/mol. The fraction of sp³-hybridized carbons (Fsp3) is 0.625. The van der Waals surface area contributed by atoms with E-state index in [0.29, 0.717) is 12.6 Å². The van der Waals surface area contributed by atoms with Crippen molar-refractivity contribution in [2.24, 2.45) is 5.73 Å². The van der Waals surface area contributed by atoms with Crippen LogP contribution < -0.4 is 11.1 Å². The van der Waals surface area contributed by atoms with Crippen LogP contribution in [0.5, 0.6) is 0 Å². The number of nitrogens with one attached hydrogen (secondary N) is 1. The Hall–Kier alpha value is -0.900. The van der Waals surface area contributed by atoms with Crippen molar-refractivity contribution in [3.63, 3.8) is 0 Å². The van der Waals surface area contributed by atoms with E-state index in [1.54, 1.807) is 0 Å². The highest BCUT2D eigenvalue weighted by Gasteiger charge is 2.33. The Morgan fingerprint density at radius 3 is 2.89 bits per heavy atom. The zero-order valence-corrected chi connectivity index (χ0v) is 11.5. The van der Waals surface area contributed by atoms with Gasteiger partial charge in [-0.2, -0.15) is 0 Å². The highest BCUT2D eigenvalue weighted by atomic mass is 16.5. The van der Waals surface area contributed by atoms with Gasteiger partial charge in [-0.1, -0.05) is 24.3 Å². The molecule has 1 aliphatic carbocycles. The van der Waals surface area contributed by atoms with Gasteiger partial charge in [-0.15, -0.1) is 0 Å². The third-order valence-corrected chi connectivity index (χ3v) is 4.64. The summed E-state index contributed by atoms with van der Waals surface area (Å²) in [4.78, 5) is 0. The monoisotopic (exact) mass is 260 g/mol. The van der Waals surface area contributed by atoms with Crippen LogP contribution in [0.3, 0.4) is 0 Å². The number of ether oxygens (including phenoxy) is 1.